The minimum Gasteiger partial charge on any atom is -0.395 e. The van der Waals surface area contributed by atoms with E-state index in [4.69, 9.17) is 5.73 Å². The molecule has 1 amide bonds. The highest BCUT2D eigenvalue weighted by atomic mass is 16.1. The number of nitrogens with zero attached hydrogens (tertiary/aromatic N) is 1. The van der Waals surface area contributed by atoms with Crippen molar-refractivity contribution in [2.75, 3.05) is 18.1 Å². The fourth-order valence-electron chi connectivity index (χ4n) is 1.33. The summed E-state index contributed by atoms with van der Waals surface area (Å²) >= 11 is 0. The summed E-state index contributed by atoms with van der Waals surface area (Å²) in [5.41, 5.74) is 6.45. The van der Waals surface area contributed by atoms with E-state index in [1.165, 1.54) is 0 Å². The molecule has 4 N–H and O–H groups in total. The maximum absolute atomic E-state index is 12.1. The summed E-state index contributed by atoms with van der Waals surface area (Å²) in [6, 6.07) is 1.62. The largest absolute Gasteiger partial charge is 0.395 e. The van der Waals surface area contributed by atoms with E-state index in [1.807, 2.05) is 20.8 Å². The molecule has 0 fully saturated rings. The van der Waals surface area contributed by atoms with E-state index in [-0.39, 0.29) is 11.4 Å². The summed E-state index contributed by atoms with van der Waals surface area (Å²) in [6.45, 7) is 5.97. The third kappa shape index (κ3) is 3.09. The molecule has 0 atom stereocenters. The van der Waals surface area contributed by atoms with Crippen LogP contribution in [0.1, 0.15) is 37.6 Å². The number of anilines is 2. The van der Waals surface area contributed by atoms with Crippen molar-refractivity contribution in [2.45, 2.75) is 32.7 Å². The lowest BCUT2D eigenvalue weighted by Gasteiger charge is -2.25. The van der Waals surface area contributed by atoms with Crippen LogP contribution < -0.4 is 16.4 Å². The molecule has 0 aliphatic rings. The van der Waals surface area contributed by atoms with E-state index < -0.39 is 0 Å². The average Bonchev–Trinajstić information content (AvgIpc) is 2.28. The van der Waals surface area contributed by atoms with Crippen molar-refractivity contribution in [3.05, 3.63) is 17.8 Å². The van der Waals surface area contributed by atoms with Crippen molar-refractivity contribution in [1.82, 2.24) is 10.3 Å². The number of hydrogen-bond donors (Lipinski definition) is 3. The first-order valence-corrected chi connectivity index (χ1v) is 5.66. The van der Waals surface area contributed by atoms with Crippen molar-refractivity contribution >= 4 is 17.4 Å². The Labute approximate surface area is 102 Å². The molecule has 0 aromatic carbocycles. The Hall–Kier alpha value is -1.78. The second kappa shape index (κ2) is 5.03. The molecule has 0 spiro atoms. The summed E-state index contributed by atoms with van der Waals surface area (Å²) in [7, 11) is 1.72. The third-order valence-corrected chi connectivity index (χ3v) is 2.81. The van der Waals surface area contributed by atoms with Crippen molar-refractivity contribution in [3.63, 3.8) is 0 Å². The molecule has 0 aliphatic carbocycles. The highest BCUT2D eigenvalue weighted by molar-refractivity contribution is 6.01. The van der Waals surface area contributed by atoms with Crippen LogP contribution in [-0.2, 0) is 0 Å². The Bertz CT molecular complexity index is 415. The first kappa shape index (κ1) is 13.3. The molecule has 0 bridgehead atoms. The summed E-state index contributed by atoms with van der Waals surface area (Å²) in [4.78, 5) is 16.1. The Morgan fingerprint density at radius 1 is 1.53 bits per heavy atom. The Morgan fingerprint density at radius 3 is 2.71 bits per heavy atom. The van der Waals surface area contributed by atoms with Crippen molar-refractivity contribution in [3.8, 4) is 0 Å². The fourth-order valence-corrected chi connectivity index (χ4v) is 1.33. The first-order chi connectivity index (χ1) is 7.91. The summed E-state index contributed by atoms with van der Waals surface area (Å²) in [5.74, 6) is 0.347. The summed E-state index contributed by atoms with van der Waals surface area (Å²) < 4.78 is 0. The van der Waals surface area contributed by atoms with E-state index in [0.717, 1.165) is 6.42 Å². The highest BCUT2D eigenvalue weighted by Crippen LogP contribution is 2.20. The number of rotatable bonds is 4. The number of pyridine rings is 1. The van der Waals surface area contributed by atoms with Crippen LogP contribution in [0.15, 0.2) is 12.3 Å². The molecule has 0 aliphatic heterocycles. The molecule has 1 rings (SSSR count). The number of aromatic nitrogens is 1. The number of carbonyl (C=O) groups is 1. The van der Waals surface area contributed by atoms with E-state index in [1.54, 1.807) is 19.3 Å². The van der Waals surface area contributed by atoms with Gasteiger partial charge in [0, 0.05) is 18.8 Å². The van der Waals surface area contributed by atoms with Crippen molar-refractivity contribution < 1.29 is 4.79 Å². The van der Waals surface area contributed by atoms with E-state index in [9.17, 15) is 4.79 Å². The molecule has 0 radical (unpaired) electrons. The van der Waals surface area contributed by atoms with Crippen LogP contribution in [0.2, 0.25) is 0 Å². The third-order valence-electron chi connectivity index (χ3n) is 2.81. The molecule has 94 valence electrons. The van der Waals surface area contributed by atoms with Gasteiger partial charge in [0.2, 0.25) is 0 Å². The van der Waals surface area contributed by atoms with Gasteiger partial charge >= 0.3 is 0 Å². The molecule has 1 aromatic rings. The lowest BCUT2D eigenvalue weighted by molar-refractivity contribution is 0.0912. The van der Waals surface area contributed by atoms with Crippen LogP contribution in [0.25, 0.3) is 0 Å². The van der Waals surface area contributed by atoms with Gasteiger partial charge in [0.25, 0.3) is 5.91 Å². The van der Waals surface area contributed by atoms with Crippen LogP contribution in [0.3, 0.4) is 0 Å². The Morgan fingerprint density at radius 2 is 2.18 bits per heavy atom. The van der Waals surface area contributed by atoms with Crippen LogP contribution >= 0.6 is 0 Å². The lowest BCUT2D eigenvalue weighted by Crippen LogP contribution is -2.43. The molecular formula is C12H20N4O. The quantitative estimate of drug-likeness (QED) is 0.742. The van der Waals surface area contributed by atoms with Gasteiger partial charge in [0.1, 0.15) is 5.82 Å². The minimum absolute atomic E-state index is 0.173. The monoisotopic (exact) mass is 236 g/mol. The van der Waals surface area contributed by atoms with Gasteiger partial charge in [0.05, 0.1) is 11.3 Å². The van der Waals surface area contributed by atoms with Gasteiger partial charge in [-0.15, -0.1) is 0 Å². The second-order valence-corrected chi connectivity index (χ2v) is 4.56. The van der Waals surface area contributed by atoms with Crippen LogP contribution in [0, 0.1) is 0 Å². The SMILES string of the molecule is CCC(C)(C)NC(=O)c1ccnc(NC)c1N. The number of amides is 1. The van der Waals surface area contributed by atoms with Crippen molar-refractivity contribution in [1.29, 1.82) is 0 Å². The molecule has 5 nitrogen and oxygen atoms in total. The maximum atomic E-state index is 12.1. The van der Waals surface area contributed by atoms with Gasteiger partial charge < -0.3 is 16.4 Å². The van der Waals surface area contributed by atoms with Crippen LogP contribution in [0.5, 0.6) is 0 Å². The average molecular weight is 236 g/mol. The number of carbonyl (C=O) groups excluding carboxylic acids is 1. The number of hydrogen-bond acceptors (Lipinski definition) is 4. The number of nitrogens with two attached hydrogens (primary N) is 1. The predicted molar refractivity (Wildman–Crippen MR) is 70.0 cm³/mol. The molecule has 1 heterocycles. The molecule has 0 saturated carbocycles. The topological polar surface area (TPSA) is 80.0 Å². The van der Waals surface area contributed by atoms with E-state index >= 15 is 0 Å². The molecule has 0 saturated heterocycles. The van der Waals surface area contributed by atoms with E-state index in [0.29, 0.717) is 17.1 Å². The minimum atomic E-state index is -0.243. The molecule has 17 heavy (non-hydrogen) atoms. The van der Waals surface area contributed by atoms with Gasteiger partial charge in [-0.05, 0) is 26.3 Å². The first-order valence-electron chi connectivity index (χ1n) is 5.66. The van der Waals surface area contributed by atoms with Gasteiger partial charge in [-0.1, -0.05) is 6.92 Å². The molecule has 0 unspecified atom stereocenters. The van der Waals surface area contributed by atoms with Gasteiger partial charge in [-0.2, -0.15) is 0 Å². The molecular weight excluding hydrogens is 216 g/mol. The van der Waals surface area contributed by atoms with Gasteiger partial charge in [-0.3, -0.25) is 4.79 Å². The molecule has 5 heteroatoms. The zero-order valence-electron chi connectivity index (χ0n) is 10.8. The van der Waals surface area contributed by atoms with Crippen LogP contribution in [0.4, 0.5) is 11.5 Å². The van der Waals surface area contributed by atoms with Crippen molar-refractivity contribution in [2.24, 2.45) is 0 Å². The maximum Gasteiger partial charge on any atom is 0.253 e. The predicted octanol–water partition coefficient (Wildman–Crippen LogP) is 1.62. The Kier molecular flexibility index (Phi) is 3.93. The highest BCUT2D eigenvalue weighted by Gasteiger charge is 2.21. The number of nitrogens with one attached hydrogen (secondary N) is 2. The number of nitrogen functional groups attached to an aromatic ring is 1. The lowest BCUT2D eigenvalue weighted by atomic mass is 10.0. The second-order valence-electron chi connectivity index (χ2n) is 4.56. The van der Waals surface area contributed by atoms with E-state index in [2.05, 4.69) is 15.6 Å². The zero-order chi connectivity index (χ0) is 13.1. The standard InChI is InChI=1S/C12H20N4O/c1-5-12(2,3)16-11(17)8-6-7-15-10(14-4)9(8)13/h6-7H,5,13H2,1-4H3,(H,14,15)(H,16,17). The smallest absolute Gasteiger partial charge is 0.253 e. The summed E-state index contributed by atoms with van der Waals surface area (Å²) in [6.07, 6.45) is 2.42. The molecule has 1 aromatic heterocycles. The fraction of sp³-hybridized carbons (Fsp3) is 0.500. The van der Waals surface area contributed by atoms with Gasteiger partial charge in [-0.25, -0.2) is 4.98 Å². The zero-order valence-corrected chi connectivity index (χ0v) is 10.8. The van der Waals surface area contributed by atoms with Gasteiger partial charge in [0.15, 0.2) is 0 Å². The Balaban J connectivity index is 2.97. The normalized spacial score (nSPS) is 11.1. The summed E-state index contributed by atoms with van der Waals surface area (Å²) in [5, 5.41) is 5.79. The van der Waals surface area contributed by atoms with Crippen LogP contribution in [-0.4, -0.2) is 23.5 Å².